The molecule has 2 aromatic heterocycles. The van der Waals surface area contributed by atoms with Crippen LogP contribution in [0.25, 0.3) is 10.9 Å². The van der Waals surface area contributed by atoms with E-state index in [1.807, 2.05) is 43.7 Å². The Morgan fingerprint density at radius 3 is 2.95 bits per heavy atom. The Bertz CT molecular complexity index is 768. The van der Waals surface area contributed by atoms with Gasteiger partial charge in [-0.25, -0.2) is 0 Å². The molecule has 0 bridgehead atoms. The van der Waals surface area contributed by atoms with Crippen molar-refractivity contribution in [3.05, 3.63) is 53.4 Å². The van der Waals surface area contributed by atoms with Crippen LogP contribution in [-0.2, 0) is 7.05 Å². The van der Waals surface area contributed by atoms with E-state index in [1.165, 1.54) is 0 Å². The van der Waals surface area contributed by atoms with E-state index in [0.29, 0.717) is 11.6 Å². The fraction of sp³-hybridized carbons (Fsp3) is 0.200. The molecule has 3 aromatic rings. The standard InChI is InChI=1S/C15H16ClN5/c1-21-9-10(8-19-21)14(7-17)20-13-5-4-12(16)11-3-2-6-18-15(11)13/h2-6,8-9,14,20H,7,17H2,1H3. The highest BCUT2D eigenvalue weighted by molar-refractivity contribution is 6.35. The molecule has 0 fully saturated rings. The number of hydrogen-bond donors (Lipinski definition) is 2. The molecule has 1 aromatic carbocycles. The van der Waals surface area contributed by atoms with E-state index in [4.69, 9.17) is 17.3 Å². The fourth-order valence-corrected chi connectivity index (χ4v) is 2.56. The number of aromatic nitrogens is 3. The molecular weight excluding hydrogens is 286 g/mol. The van der Waals surface area contributed by atoms with Gasteiger partial charge in [0.05, 0.1) is 28.5 Å². The number of nitrogens with one attached hydrogen (secondary N) is 1. The number of hydrogen-bond acceptors (Lipinski definition) is 4. The first-order chi connectivity index (χ1) is 10.2. The van der Waals surface area contributed by atoms with Gasteiger partial charge in [0.15, 0.2) is 0 Å². The number of nitrogens with zero attached hydrogens (tertiary/aromatic N) is 3. The second kappa shape index (κ2) is 5.71. The van der Waals surface area contributed by atoms with Crippen molar-refractivity contribution in [3.8, 4) is 0 Å². The highest BCUT2D eigenvalue weighted by Crippen LogP contribution is 2.30. The van der Waals surface area contributed by atoms with Crippen molar-refractivity contribution in [1.82, 2.24) is 14.8 Å². The van der Waals surface area contributed by atoms with E-state index in [2.05, 4.69) is 15.4 Å². The predicted molar refractivity (Wildman–Crippen MR) is 85.4 cm³/mol. The number of halogens is 1. The minimum atomic E-state index is -0.0231. The van der Waals surface area contributed by atoms with Crippen molar-refractivity contribution >= 4 is 28.2 Å². The Morgan fingerprint density at radius 2 is 2.24 bits per heavy atom. The largest absolute Gasteiger partial charge is 0.375 e. The summed E-state index contributed by atoms with van der Waals surface area (Å²) in [5.41, 5.74) is 8.68. The van der Waals surface area contributed by atoms with E-state index >= 15 is 0 Å². The molecule has 0 aliphatic heterocycles. The first-order valence-corrected chi connectivity index (χ1v) is 7.05. The Labute approximate surface area is 127 Å². The third kappa shape index (κ3) is 2.70. The van der Waals surface area contributed by atoms with Crippen molar-refractivity contribution in [2.45, 2.75) is 6.04 Å². The Balaban J connectivity index is 1.99. The molecule has 108 valence electrons. The van der Waals surface area contributed by atoms with Crippen molar-refractivity contribution in [1.29, 1.82) is 0 Å². The molecule has 6 heteroatoms. The topological polar surface area (TPSA) is 68.8 Å². The van der Waals surface area contributed by atoms with Gasteiger partial charge in [-0.2, -0.15) is 5.10 Å². The number of nitrogens with two attached hydrogens (primary N) is 1. The average Bonchev–Trinajstić information content (AvgIpc) is 2.93. The quantitative estimate of drug-likeness (QED) is 0.777. The second-order valence-electron chi connectivity index (χ2n) is 4.87. The summed E-state index contributed by atoms with van der Waals surface area (Å²) in [6.07, 6.45) is 5.53. The smallest absolute Gasteiger partial charge is 0.0948 e. The highest BCUT2D eigenvalue weighted by Gasteiger charge is 2.14. The number of aryl methyl sites for hydroxylation is 1. The van der Waals surface area contributed by atoms with Crippen LogP contribution in [-0.4, -0.2) is 21.3 Å². The van der Waals surface area contributed by atoms with Crippen LogP contribution in [0.4, 0.5) is 5.69 Å². The number of fused-ring (bicyclic) bond motifs is 1. The Hall–Kier alpha value is -2.11. The lowest BCUT2D eigenvalue weighted by atomic mass is 10.1. The van der Waals surface area contributed by atoms with E-state index in [9.17, 15) is 0 Å². The molecule has 0 amide bonds. The monoisotopic (exact) mass is 301 g/mol. The molecule has 0 spiro atoms. The maximum absolute atomic E-state index is 6.21. The van der Waals surface area contributed by atoms with E-state index in [1.54, 1.807) is 10.9 Å². The van der Waals surface area contributed by atoms with Gasteiger partial charge < -0.3 is 11.1 Å². The van der Waals surface area contributed by atoms with Gasteiger partial charge in [0, 0.05) is 36.9 Å². The fourth-order valence-electron chi connectivity index (χ4n) is 2.34. The molecule has 21 heavy (non-hydrogen) atoms. The third-order valence-corrected chi connectivity index (χ3v) is 3.74. The van der Waals surface area contributed by atoms with Crippen LogP contribution in [0, 0.1) is 0 Å². The summed E-state index contributed by atoms with van der Waals surface area (Å²) >= 11 is 6.21. The number of rotatable bonds is 4. The zero-order chi connectivity index (χ0) is 14.8. The molecule has 1 atom stereocenters. The number of anilines is 1. The van der Waals surface area contributed by atoms with Crippen molar-refractivity contribution in [3.63, 3.8) is 0 Å². The van der Waals surface area contributed by atoms with Gasteiger partial charge in [-0.15, -0.1) is 0 Å². The van der Waals surface area contributed by atoms with Crippen LogP contribution in [0.5, 0.6) is 0 Å². The van der Waals surface area contributed by atoms with Crippen molar-refractivity contribution < 1.29 is 0 Å². The van der Waals surface area contributed by atoms with Gasteiger partial charge in [-0.3, -0.25) is 9.67 Å². The summed E-state index contributed by atoms with van der Waals surface area (Å²) in [6.45, 7) is 0.461. The first kappa shape index (κ1) is 13.9. The lowest BCUT2D eigenvalue weighted by molar-refractivity contribution is 0.759. The molecule has 2 heterocycles. The predicted octanol–water partition coefficient (Wildman–Crippen LogP) is 2.73. The van der Waals surface area contributed by atoms with Gasteiger partial charge in [0.25, 0.3) is 0 Å². The third-order valence-electron chi connectivity index (χ3n) is 3.41. The number of benzene rings is 1. The normalized spacial score (nSPS) is 12.5. The number of pyridine rings is 1. The van der Waals surface area contributed by atoms with Crippen LogP contribution in [0.2, 0.25) is 5.02 Å². The minimum Gasteiger partial charge on any atom is -0.375 e. The lowest BCUT2D eigenvalue weighted by Gasteiger charge is -2.18. The van der Waals surface area contributed by atoms with Crippen LogP contribution in [0.15, 0.2) is 42.9 Å². The van der Waals surface area contributed by atoms with E-state index in [-0.39, 0.29) is 6.04 Å². The molecule has 3 rings (SSSR count). The van der Waals surface area contributed by atoms with E-state index in [0.717, 1.165) is 22.2 Å². The summed E-state index contributed by atoms with van der Waals surface area (Å²) in [7, 11) is 1.89. The molecule has 0 aliphatic carbocycles. The van der Waals surface area contributed by atoms with Gasteiger partial charge in [0.1, 0.15) is 0 Å². The first-order valence-electron chi connectivity index (χ1n) is 6.67. The summed E-state index contributed by atoms with van der Waals surface area (Å²) in [4.78, 5) is 4.42. The van der Waals surface area contributed by atoms with Crippen LogP contribution in [0.1, 0.15) is 11.6 Å². The molecule has 0 aliphatic rings. The zero-order valence-electron chi connectivity index (χ0n) is 11.6. The van der Waals surface area contributed by atoms with Crippen LogP contribution >= 0.6 is 11.6 Å². The second-order valence-corrected chi connectivity index (χ2v) is 5.28. The van der Waals surface area contributed by atoms with Crippen LogP contribution in [0.3, 0.4) is 0 Å². The molecule has 5 nitrogen and oxygen atoms in total. The van der Waals surface area contributed by atoms with Gasteiger partial charge in [0.2, 0.25) is 0 Å². The van der Waals surface area contributed by atoms with Crippen molar-refractivity contribution in [2.24, 2.45) is 12.8 Å². The summed E-state index contributed by atoms with van der Waals surface area (Å²) in [5.74, 6) is 0. The zero-order valence-corrected chi connectivity index (χ0v) is 12.4. The van der Waals surface area contributed by atoms with Gasteiger partial charge >= 0.3 is 0 Å². The highest BCUT2D eigenvalue weighted by atomic mass is 35.5. The molecule has 3 N–H and O–H groups in total. The van der Waals surface area contributed by atoms with Gasteiger partial charge in [-0.1, -0.05) is 11.6 Å². The van der Waals surface area contributed by atoms with Gasteiger partial charge in [-0.05, 0) is 24.3 Å². The Morgan fingerprint density at radius 1 is 1.38 bits per heavy atom. The van der Waals surface area contributed by atoms with Crippen molar-refractivity contribution in [2.75, 3.05) is 11.9 Å². The molecule has 1 unspecified atom stereocenters. The summed E-state index contributed by atoms with van der Waals surface area (Å²) in [6, 6.07) is 7.60. The van der Waals surface area contributed by atoms with Crippen LogP contribution < -0.4 is 11.1 Å². The minimum absolute atomic E-state index is 0.0231. The summed E-state index contributed by atoms with van der Waals surface area (Å²) < 4.78 is 1.76. The summed E-state index contributed by atoms with van der Waals surface area (Å²) in [5, 5.41) is 9.23. The molecule has 0 saturated carbocycles. The maximum Gasteiger partial charge on any atom is 0.0948 e. The molecule has 0 radical (unpaired) electrons. The lowest BCUT2D eigenvalue weighted by Crippen LogP contribution is -2.20. The Kier molecular flexibility index (Phi) is 3.77. The molecule has 0 saturated heterocycles. The maximum atomic E-state index is 6.21. The van der Waals surface area contributed by atoms with E-state index < -0.39 is 0 Å². The average molecular weight is 302 g/mol. The molecular formula is C15H16ClN5. The SMILES string of the molecule is Cn1cc(C(CN)Nc2ccc(Cl)c3cccnc23)cn1.